The molecule has 1 nitrogen and oxygen atoms in total. The molecule has 0 saturated heterocycles. The van der Waals surface area contributed by atoms with Crippen LogP contribution in [0.3, 0.4) is 0 Å². The zero-order valence-electron chi connectivity index (χ0n) is 9.40. The normalized spacial score (nSPS) is 11.1. The topological polar surface area (TPSA) is 23.8 Å². The van der Waals surface area contributed by atoms with E-state index >= 15 is 0 Å². The summed E-state index contributed by atoms with van der Waals surface area (Å²) in [7, 11) is 0. The standard InChI is InChI=1S/C15H9ClIN/c16-14-5-3-12(4-6-14)13(10-18)9-11-1-7-15(17)8-2-11/h1-9H/b13-9-. The predicted octanol–water partition coefficient (Wildman–Crippen LogP) is 5.01. The number of nitrogens with zero attached hydrogens (tertiary/aromatic N) is 1. The first kappa shape index (κ1) is 13.1. The summed E-state index contributed by atoms with van der Waals surface area (Å²) >= 11 is 8.09. The van der Waals surface area contributed by atoms with Crippen LogP contribution in [-0.4, -0.2) is 0 Å². The second kappa shape index (κ2) is 6.03. The average molecular weight is 366 g/mol. The maximum absolute atomic E-state index is 9.21. The molecule has 0 radical (unpaired) electrons. The van der Waals surface area contributed by atoms with Crippen LogP contribution in [-0.2, 0) is 0 Å². The molecule has 0 unspecified atom stereocenters. The smallest absolute Gasteiger partial charge is 0.0998 e. The van der Waals surface area contributed by atoms with E-state index in [-0.39, 0.29) is 0 Å². The van der Waals surface area contributed by atoms with Gasteiger partial charge in [0.05, 0.1) is 11.6 Å². The third-order valence-electron chi connectivity index (χ3n) is 2.46. The van der Waals surface area contributed by atoms with Gasteiger partial charge < -0.3 is 0 Å². The highest BCUT2D eigenvalue weighted by Gasteiger charge is 2.01. The average Bonchev–Trinajstić information content (AvgIpc) is 2.39. The van der Waals surface area contributed by atoms with Crippen molar-refractivity contribution in [2.75, 3.05) is 0 Å². The second-order valence-electron chi connectivity index (χ2n) is 3.73. The fourth-order valence-electron chi connectivity index (χ4n) is 1.54. The summed E-state index contributed by atoms with van der Waals surface area (Å²) in [6.07, 6.45) is 1.87. The largest absolute Gasteiger partial charge is 0.192 e. The Bertz CT molecular complexity index is 606. The highest BCUT2D eigenvalue weighted by atomic mass is 127. The van der Waals surface area contributed by atoms with Crippen molar-refractivity contribution in [1.82, 2.24) is 0 Å². The molecular formula is C15H9ClIN. The van der Waals surface area contributed by atoms with Crippen LogP contribution in [0.25, 0.3) is 11.6 Å². The number of allylic oxidation sites excluding steroid dienone is 1. The van der Waals surface area contributed by atoms with E-state index in [0.717, 1.165) is 11.1 Å². The molecular weight excluding hydrogens is 357 g/mol. The van der Waals surface area contributed by atoms with E-state index in [0.29, 0.717) is 10.6 Å². The molecule has 0 amide bonds. The molecule has 0 heterocycles. The van der Waals surface area contributed by atoms with E-state index in [4.69, 9.17) is 11.6 Å². The first-order valence-corrected chi connectivity index (χ1v) is 6.78. The zero-order valence-corrected chi connectivity index (χ0v) is 12.3. The number of hydrogen-bond acceptors (Lipinski definition) is 1. The summed E-state index contributed by atoms with van der Waals surface area (Å²) in [5.41, 5.74) is 2.52. The summed E-state index contributed by atoms with van der Waals surface area (Å²) in [4.78, 5) is 0. The van der Waals surface area contributed by atoms with Crippen LogP contribution in [0.15, 0.2) is 48.5 Å². The monoisotopic (exact) mass is 365 g/mol. The number of hydrogen-bond donors (Lipinski definition) is 0. The highest BCUT2D eigenvalue weighted by molar-refractivity contribution is 14.1. The van der Waals surface area contributed by atoms with E-state index in [1.165, 1.54) is 3.57 Å². The molecule has 2 aromatic rings. The molecule has 88 valence electrons. The Morgan fingerprint density at radius 2 is 1.67 bits per heavy atom. The Hall–Kier alpha value is -1.31. The van der Waals surface area contributed by atoms with Gasteiger partial charge in [-0.1, -0.05) is 35.9 Å². The lowest BCUT2D eigenvalue weighted by atomic mass is 10.0. The van der Waals surface area contributed by atoms with Gasteiger partial charge in [-0.2, -0.15) is 5.26 Å². The molecule has 0 aliphatic heterocycles. The first-order valence-electron chi connectivity index (χ1n) is 5.32. The van der Waals surface area contributed by atoms with E-state index in [1.54, 1.807) is 12.1 Å². The quantitative estimate of drug-likeness (QED) is 0.417. The maximum Gasteiger partial charge on any atom is 0.0998 e. The van der Waals surface area contributed by atoms with Gasteiger partial charge >= 0.3 is 0 Å². The molecule has 3 heteroatoms. The summed E-state index contributed by atoms with van der Waals surface area (Å²) in [6.45, 7) is 0. The third kappa shape index (κ3) is 3.34. The number of halogens is 2. The molecule has 0 atom stereocenters. The Kier molecular flexibility index (Phi) is 4.40. The fraction of sp³-hybridized carbons (Fsp3) is 0. The van der Waals surface area contributed by atoms with Crippen LogP contribution >= 0.6 is 34.2 Å². The summed E-state index contributed by atoms with van der Waals surface area (Å²) in [5.74, 6) is 0. The highest BCUT2D eigenvalue weighted by Crippen LogP contribution is 2.20. The molecule has 2 aromatic carbocycles. The molecule has 2 rings (SSSR count). The molecule has 0 bridgehead atoms. The molecule has 0 aliphatic rings. The van der Waals surface area contributed by atoms with E-state index in [2.05, 4.69) is 28.7 Å². The van der Waals surface area contributed by atoms with Crippen molar-refractivity contribution < 1.29 is 0 Å². The van der Waals surface area contributed by atoms with E-state index in [1.807, 2.05) is 42.5 Å². The van der Waals surface area contributed by atoms with Gasteiger partial charge in [0.25, 0.3) is 0 Å². The van der Waals surface area contributed by atoms with Crippen molar-refractivity contribution >= 4 is 45.8 Å². The lowest BCUT2D eigenvalue weighted by molar-refractivity contribution is 1.52. The summed E-state index contributed by atoms with van der Waals surface area (Å²) in [5, 5.41) is 9.88. The van der Waals surface area contributed by atoms with Crippen LogP contribution < -0.4 is 0 Å². The minimum absolute atomic E-state index is 0.632. The molecule has 0 aliphatic carbocycles. The van der Waals surface area contributed by atoms with Crippen molar-refractivity contribution in [3.05, 3.63) is 68.3 Å². The van der Waals surface area contributed by atoms with Gasteiger partial charge in [-0.05, 0) is 64.1 Å². The predicted molar refractivity (Wildman–Crippen MR) is 84.1 cm³/mol. The van der Waals surface area contributed by atoms with Crippen LogP contribution in [0.2, 0.25) is 5.02 Å². The number of nitriles is 1. The van der Waals surface area contributed by atoms with Crippen molar-refractivity contribution in [1.29, 1.82) is 5.26 Å². The molecule has 0 spiro atoms. The Labute approximate surface area is 125 Å². The molecule has 0 fully saturated rings. The van der Waals surface area contributed by atoms with Crippen molar-refractivity contribution in [3.63, 3.8) is 0 Å². The molecule has 18 heavy (non-hydrogen) atoms. The van der Waals surface area contributed by atoms with Crippen molar-refractivity contribution in [2.45, 2.75) is 0 Å². The van der Waals surface area contributed by atoms with Crippen molar-refractivity contribution in [2.24, 2.45) is 0 Å². The summed E-state index contributed by atoms with van der Waals surface area (Å²) in [6, 6.07) is 17.5. The molecule has 0 aromatic heterocycles. The van der Waals surface area contributed by atoms with Crippen LogP contribution in [0, 0.1) is 14.9 Å². The maximum atomic E-state index is 9.21. The summed E-state index contributed by atoms with van der Waals surface area (Å²) < 4.78 is 1.18. The lowest BCUT2D eigenvalue weighted by Crippen LogP contribution is -1.82. The van der Waals surface area contributed by atoms with Gasteiger partial charge in [-0.25, -0.2) is 0 Å². The van der Waals surface area contributed by atoms with Gasteiger partial charge in [0, 0.05) is 8.59 Å². The molecule has 0 N–H and O–H groups in total. The van der Waals surface area contributed by atoms with Gasteiger partial charge in [-0.15, -0.1) is 0 Å². The molecule has 0 saturated carbocycles. The fourth-order valence-corrected chi connectivity index (χ4v) is 2.02. The van der Waals surface area contributed by atoms with Gasteiger partial charge in [0.1, 0.15) is 0 Å². The Morgan fingerprint density at radius 1 is 1.06 bits per heavy atom. The van der Waals surface area contributed by atoms with Crippen LogP contribution in [0.5, 0.6) is 0 Å². The lowest BCUT2D eigenvalue weighted by Gasteiger charge is -2.00. The van der Waals surface area contributed by atoms with Gasteiger partial charge in [0.15, 0.2) is 0 Å². The third-order valence-corrected chi connectivity index (χ3v) is 3.43. The van der Waals surface area contributed by atoms with E-state index < -0.39 is 0 Å². The zero-order chi connectivity index (χ0) is 13.0. The number of benzene rings is 2. The van der Waals surface area contributed by atoms with Crippen LogP contribution in [0.1, 0.15) is 11.1 Å². The number of rotatable bonds is 2. The van der Waals surface area contributed by atoms with Gasteiger partial charge in [-0.3, -0.25) is 0 Å². The second-order valence-corrected chi connectivity index (χ2v) is 5.41. The minimum atomic E-state index is 0.632. The first-order chi connectivity index (χ1) is 8.69. The SMILES string of the molecule is N#C/C(=C/c1ccc(I)cc1)c1ccc(Cl)cc1. The Balaban J connectivity index is 2.37. The minimum Gasteiger partial charge on any atom is -0.192 e. The van der Waals surface area contributed by atoms with Crippen molar-refractivity contribution in [3.8, 4) is 6.07 Å². The van der Waals surface area contributed by atoms with Crippen LogP contribution in [0.4, 0.5) is 0 Å². The van der Waals surface area contributed by atoms with E-state index in [9.17, 15) is 5.26 Å². The van der Waals surface area contributed by atoms with Gasteiger partial charge in [0.2, 0.25) is 0 Å². The Morgan fingerprint density at radius 3 is 2.22 bits per heavy atom.